The van der Waals surface area contributed by atoms with Crippen molar-refractivity contribution in [1.82, 2.24) is 0 Å². The molecular formula is C27H36F6O3. The fourth-order valence-corrected chi connectivity index (χ4v) is 7.45. The molecule has 3 N–H and O–H groups in total. The van der Waals surface area contributed by atoms with Crippen LogP contribution in [-0.4, -0.2) is 45.5 Å². The Morgan fingerprint density at radius 1 is 0.917 bits per heavy atom. The summed E-state index contributed by atoms with van der Waals surface area (Å²) in [5.74, 6) is 0.495. The van der Waals surface area contributed by atoms with E-state index in [1.54, 1.807) is 0 Å². The number of hydrogen-bond acceptors (Lipinski definition) is 3. The molecule has 4 fully saturated rings. The third-order valence-corrected chi connectivity index (χ3v) is 9.42. The molecule has 36 heavy (non-hydrogen) atoms. The molecule has 9 heteroatoms. The first-order valence-corrected chi connectivity index (χ1v) is 12.9. The minimum absolute atomic E-state index is 0.0805. The third-order valence-electron chi connectivity index (χ3n) is 9.42. The van der Waals surface area contributed by atoms with E-state index in [1.807, 2.05) is 6.08 Å². The van der Waals surface area contributed by atoms with Crippen LogP contribution in [0.5, 0.6) is 0 Å². The number of halogens is 6. The third kappa shape index (κ3) is 5.04. The monoisotopic (exact) mass is 522 g/mol. The lowest BCUT2D eigenvalue weighted by Gasteiger charge is -2.45. The molecule has 4 aliphatic rings. The minimum Gasteiger partial charge on any atom is -0.393 e. The van der Waals surface area contributed by atoms with Crippen LogP contribution in [0.1, 0.15) is 77.6 Å². The van der Waals surface area contributed by atoms with Gasteiger partial charge in [-0.05, 0) is 99.4 Å². The molecule has 4 aliphatic carbocycles. The summed E-state index contributed by atoms with van der Waals surface area (Å²) >= 11 is 0. The fourth-order valence-electron chi connectivity index (χ4n) is 7.45. The lowest BCUT2D eigenvalue weighted by atomic mass is 9.59. The Morgan fingerprint density at radius 2 is 1.53 bits per heavy atom. The van der Waals surface area contributed by atoms with E-state index in [1.165, 1.54) is 5.57 Å². The van der Waals surface area contributed by atoms with E-state index in [0.29, 0.717) is 25.2 Å². The first kappa shape index (κ1) is 27.7. The van der Waals surface area contributed by atoms with Gasteiger partial charge in [-0.25, -0.2) is 0 Å². The second kappa shape index (κ2) is 9.45. The number of alkyl halides is 6. The zero-order valence-electron chi connectivity index (χ0n) is 20.5. The second-order valence-electron chi connectivity index (χ2n) is 11.8. The number of rotatable bonds is 5. The van der Waals surface area contributed by atoms with Gasteiger partial charge >= 0.3 is 12.4 Å². The first-order chi connectivity index (χ1) is 16.6. The SMILES string of the molecule is C[C@]12CCCC(=CC=C3C[C@@H](O)C[C@H](O)C3)[C@@H]1CC[C@@H]2C1(CC=CC(O)(C(F)(F)F)C(F)(F)F)CC1. The molecule has 0 spiro atoms. The summed E-state index contributed by atoms with van der Waals surface area (Å²) in [7, 11) is 0. The van der Waals surface area contributed by atoms with Crippen molar-refractivity contribution in [2.24, 2.45) is 22.7 Å². The molecule has 0 radical (unpaired) electrons. The molecule has 0 amide bonds. The van der Waals surface area contributed by atoms with Crippen LogP contribution in [0.15, 0.2) is 35.5 Å². The molecular weight excluding hydrogens is 486 g/mol. The Balaban J connectivity index is 1.50. The predicted molar refractivity (Wildman–Crippen MR) is 123 cm³/mol. The van der Waals surface area contributed by atoms with Crippen molar-refractivity contribution in [2.45, 2.75) is 108 Å². The number of aliphatic hydroxyl groups excluding tert-OH is 2. The minimum atomic E-state index is -5.84. The van der Waals surface area contributed by atoms with E-state index in [-0.39, 0.29) is 29.2 Å². The highest BCUT2D eigenvalue weighted by Crippen LogP contribution is 2.69. The van der Waals surface area contributed by atoms with Gasteiger partial charge in [0.1, 0.15) is 0 Å². The van der Waals surface area contributed by atoms with Crippen LogP contribution in [0, 0.1) is 22.7 Å². The molecule has 4 rings (SSSR count). The number of fused-ring (bicyclic) bond motifs is 1. The predicted octanol–water partition coefficient (Wildman–Crippen LogP) is 6.54. The molecule has 204 valence electrons. The van der Waals surface area contributed by atoms with Gasteiger partial charge in [0.25, 0.3) is 5.60 Å². The van der Waals surface area contributed by atoms with E-state index in [9.17, 15) is 41.7 Å². The van der Waals surface area contributed by atoms with Crippen molar-refractivity contribution in [3.05, 3.63) is 35.5 Å². The highest BCUT2D eigenvalue weighted by Gasteiger charge is 2.69. The van der Waals surface area contributed by atoms with Crippen LogP contribution < -0.4 is 0 Å². The number of allylic oxidation sites excluding steroid dienone is 4. The van der Waals surface area contributed by atoms with Crippen LogP contribution in [0.25, 0.3) is 0 Å². The summed E-state index contributed by atoms with van der Waals surface area (Å²) in [5.41, 5.74) is -2.92. The Kier molecular flexibility index (Phi) is 7.28. The quantitative estimate of drug-likeness (QED) is 0.284. The molecule has 0 bridgehead atoms. The van der Waals surface area contributed by atoms with Gasteiger partial charge in [0.05, 0.1) is 12.2 Å². The van der Waals surface area contributed by atoms with Crippen LogP contribution in [0.2, 0.25) is 0 Å². The normalized spacial score (nSPS) is 36.4. The van der Waals surface area contributed by atoms with Gasteiger partial charge in [-0.3, -0.25) is 0 Å². The highest BCUT2D eigenvalue weighted by atomic mass is 19.4. The maximum Gasteiger partial charge on any atom is 0.429 e. The van der Waals surface area contributed by atoms with Crippen molar-refractivity contribution < 1.29 is 41.7 Å². The molecule has 0 aromatic carbocycles. The van der Waals surface area contributed by atoms with Crippen LogP contribution in [-0.2, 0) is 0 Å². The van der Waals surface area contributed by atoms with Crippen molar-refractivity contribution in [3.63, 3.8) is 0 Å². The van der Waals surface area contributed by atoms with Crippen LogP contribution >= 0.6 is 0 Å². The Morgan fingerprint density at radius 3 is 2.08 bits per heavy atom. The zero-order chi connectivity index (χ0) is 26.6. The molecule has 0 aliphatic heterocycles. The van der Waals surface area contributed by atoms with Crippen molar-refractivity contribution in [2.75, 3.05) is 0 Å². The Labute approximate surface area is 208 Å². The largest absolute Gasteiger partial charge is 0.429 e. The van der Waals surface area contributed by atoms with Crippen molar-refractivity contribution >= 4 is 0 Å². The smallest absolute Gasteiger partial charge is 0.393 e. The Bertz CT molecular complexity index is 887. The second-order valence-corrected chi connectivity index (χ2v) is 11.8. The van der Waals surface area contributed by atoms with E-state index in [4.69, 9.17) is 0 Å². The Hall–Kier alpha value is -1.32. The van der Waals surface area contributed by atoms with Gasteiger partial charge < -0.3 is 15.3 Å². The van der Waals surface area contributed by atoms with Crippen molar-refractivity contribution in [1.29, 1.82) is 0 Å². The van der Waals surface area contributed by atoms with Gasteiger partial charge in [0.2, 0.25) is 0 Å². The maximum atomic E-state index is 13.1. The molecule has 0 unspecified atom stereocenters. The molecule has 3 nitrogen and oxygen atoms in total. The summed E-state index contributed by atoms with van der Waals surface area (Å²) in [6, 6.07) is 0. The van der Waals surface area contributed by atoms with Gasteiger partial charge in [-0.15, -0.1) is 0 Å². The summed E-state index contributed by atoms with van der Waals surface area (Å²) in [5, 5.41) is 29.4. The molecule has 5 atom stereocenters. The lowest BCUT2D eigenvalue weighted by molar-refractivity contribution is -0.347. The standard InChI is InChI=1S/C27H36F6O3/c1-23-9-2-4-18(6-5-17-14-19(34)16-20(35)15-17)21(23)7-8-22(23)24(12-13-24)10-3-11-25(36,26(28,29)30)27(31,32)33/h3,5-6,11,19-22,34-36H,2,4,7-10,12-16H2,1H3/t19-,20-,21+,22+,23+/m1/s1. The average molecular weight is 523 g/mol. The zero-order valence-corrected chi connectivity index (χ0v) is 20.5. The maximum absolute atomic E-state index is 13.1. The van der Waals surface area contributed by atoms with Gasteiger partial charge in [0.15, 0.2) is 0 Å². The molecule has 0 aromatic heterocycles. The summed E-state index contributed by atoms with van der Waals surface area (Å²) < 4.78 is 78.3. The first-order valence-electron chi connectivity index (χ1n) is 12.9. The van der Waals surface area contributed by atoms with Gasteiger partial charge in [-0.1, -0.05) is 36.3 Å². The molecule has 4 saturated carbocycles. The van der Waals surface area contributed by atoms with Gasteiger partial charge in [-0.2, -0.15) is 26.3 Å². The summed E-state index contributed by atoms with van der Waals surface area (Å²) in [4.78, 5) is 0. The molecule has 0 saturated heterocycles. The van der Waals surface area contributed by atoms with Crippen LogP contribution in [0.4, 0.5) is 26.3 Å². The van der Waals surface area contributed by atoms with Crippen LogP contribution in [0.3, 0.4) is 0 Å². The van der Waals surface area contributed by atoms with E-state index < -0.39 is 30.2 Å². The highest BCUT2D eigenvalue weighted by molar-refractivity contribution is 5.27. The van der Waals surface area contributed by atoms with E-state index >= 15 is 0 Å². The van der Waals surface area contributed by atoms with Crippen molar-refractivity contribution in [3.8, 4) is 0 Å². The molecule has 0 aromatic rings. The number of aliphatic hydroxyl groups is 3. The molecule has 0 heterocycles. The average Bonchev–Trinajstić information content (AvgIpc) is 3.42. The van der Waals surface area contributed by atoms with E-state index in [0.717, 1.165) is 56.6 Å². The number of hydrogen-bond donors (Lipinski definition) is 3. The lowest BCUT2D eigenvalue weighted by Crippen LogP contribution is -2.55. The van der Waals surface area contributed by atoms with Gasteiger partial charge in [0, 0.05) is 0 Å². The van der Waals surface area contributed by atoms with E-state index in [2.05, 4.69) is 13.0 Å². The fraction of sp³-hybridized carbons (Fsp3) is 0.778. The summed E-state index contributed by atoms with van der Waals surface area (Å²) in [6.07, 6.45) is -0.0501. The topological polar surface area (TPSA) is 60.7 Å². The summed E-state index contributed by atoms with van der Waals surface area (Å²) in [6.45, 7) is 2.22.